The monoisotopic (exact) mass is 377 g/mol. The average Bonchev–Trinajstić information content (AvgIpc) is 2.74. The Hall–Kier alpha value is -1.80. The van der Waals surface area contributed by atoms with Crippen LogP contribution in [0.2, 0.25) is 0 Å². The lowest BCUT2D eigenvalue weighted by Gasteiger charge is -2.53. The summed E-state index contributed by atoms with van der Waals surface area (Å²) in [6, 6.07) is 19.9. The van der Waals surface area contributed by atoms with E-state index in [9.17, 15) is 0 Å². The van der Waals surface area contributed by atoms with Crippen molar-refractivity contribution in [1.29, 1.82) is 0 Å². The van der Waals surface area contributed by atoms with Crippen molar-refractivity contribution >= 4 is 0 Å². The second-order valence-electron chi connectivity index (χ2n) is 9.02. The molecular formula is C26H35NO. The molecule has 2 nitrogen and oxygen atoms in total. The molecule has 1 saturated heterocycles. The third-order valence-corrected chi connectivity index (χ3v) is 7.26. The van der Waals surface area contributed by atoms with Crippen LogP contribution in [-0.4, -0.2) is 19.2 Å². The van der Waals surface area contributed by atoms with Crippen LogP contribution in [0.25, 0.3) is 0 Å². The average molecular weight is 378 g/mol. The lowest BCUT2D eigenvalue weighted by molar-refractivity contribution is 0.0559. The SMILES string of the molecule is CCCCC1CNC2(Cc3ccccc3)CCC(c3cccc(OC)c3)C1C2. The predicted molar refractivity (Wildman–Crippen MR) is 117 cm³/mol. The maximum absolute atomic E-state index is 5.53. The summed E-state index contributed by atoms with van der Waals surface area (Å²) in [4.78, 5) is 0. The topological polar surface area (TPSA) is 21.3 Å². The van der Waals surface area contributed by atoms with Gasteiger partial charge in [-0.1, -0.05) is 62.2 Å². The van der Waals surface area contributed by atoms with Gasteiger partial charge in [0.25, 0.3) is 0 Å². The number of methoxy groups -OCH3 is 1. The van der Waals surface area contributed by atoms with Crippen molar-refractivity contribution in [3.63, 3.8) is 0 Å². The third-order valence-electron chi connectivity index (χ3n) is 7.26. The Bertz CT molecular complexity index is 758. The van der Waals surface area contributed by atoms with Crippen LogP contribution in [0, 0.1) is 11.8 Å². The van der Waals surface area contributed by atoms with Gasteiger partial charge in [-0.2, -0.15) is 0 Å². The van der Waals surface area contributed by atoms with Gasteiger partial charge in [0.05, 0.1) is 7.11 Å². The number of benzene rings is 2. The number of ether oxygens (including phenoxy) is 1. The van der Waals surface area contributed by atoms with Gasteiger partial charge in [0, 0.05) is 5.54 Å². The predicted octanol–water partition coefficient (Wildman–Crippen LogP) is 5.97. The van der Waals surface area contributed by atoms with Gasteiger partial charge >= 0.3 is 0 Å². The van der Waals surface area contributed by atoms with Crippen molar-refractivity contribution in [2.24, 2.45) is 11.8 Å². The maximum atomic E-state index is 5.53. The van der Waals surface area contributed by atoms with Crippen LogP contribution >= 0.6 is 0 Å². The van der Waals surface area contributed by atoms with Crippen molar-refractivity contribution < 1.29 is 4.74 Å². The van der Waals surface area contributed by atoms with Gasteiger partial charge in [0.15, 0.2) is 0 Å². The first-order chi connectivity index (χ1) is 13.7. The van der Waals surface area contributed by atoms with Crippen LogP contribution in [0.1, 0.15) is 62.5 Å². The Kier molecular flexibility index (Phi) is 6.06. The van der Waals surface area contributed by atoms with Gasteiger partial charge in [0.1, 0.15) is 5.75 Å². The van der Waals surface area contributed by atoms with E-state index in [1.54, 1.807) is 7.11 Å². The lowest BCUT2D eigenvalue weighted by Crippen LogP contribution is -2.59. The highest BCUT2D eigenvalue weighted by molar-refractivity contribution is 5.33. The minimum absolute atomic E-state index is 0.282. The number of rotatable bonds is 7. The van der Waals surface area contributed by atoms with Gasteiger partial charge < -0.3 is 10.1 Å². The molecule has 2 bridgehead atoms. The number of piperidine rings is 1. The zero-order valence-electron chi connectivity index (χ0n) is 17.5. The quantitative estimate of drug-likeness (QED) is 0.642. The number of unbranched alkanes of at least 4 members (excludes halogenated alkanes) is 1. The van der Waals surface area contributed by atoms with Crippen molar-refractivity contribution in [3.05, 3.63) is 65.7 Å². The molecule has 1 N–H and O–H groups in total. The third kappa shape index (κ3) is 4.12. The number of hydrogen-bond donors (Lipinski definition) is 1. The van der Waals surface area contributed by atoms with Crippen molar-refractivity contribution in [2.75, 3.05) is 13.7 Å². The molecule has 1 aliphatic carbocycles. The van der Waals surface area contributed by atoms with E-state index >= 15 is 0 Å². The molecule has 2 aromatic rings. The Morgan fingerprint density at radius 3 is 2.75 bits per heavy atom. The summed E-state index contributed by atoms with van der Waals surface area (Å²) in [5.74, 6) is 3.23. The molecule has 4 unspecified atom stereocenters. The molecule has 4 rings (SSSR count). The summed E-state index contributed by atoms with van der Waals surface area (Å²) >= 11 is 0. The fourth-order valence-corrected chi connectivity index (χ4v) is 5.77. The van der Waals surface area contributed by atoms with E-state index in [1.807, 2.05) is 0 Å². The minimum atomic E-state index is 0.282. The largest absolute Gasteiger partial charge is 0.497 e. The Balaban J connectivity index is 1.58. The second-order valence-corrected chi connectivity index (χ2v) is 9.02. The first-order valence-electron chi connectivity index (χ1n) is 11.2. The van der Waals surface area contributed by atoms with Crippen LogP contribution in [0.5, 0.6) is 5.75 Å². The molecule has 4 atom stereocenters. The fourth-order valence-electron chi connectivity index (χ4n) is 5.77. The van der Waals surface area contributed by atoms with Crippen LogP contribution < -0.4 is 10.1 Å². The summed E-state index contributed by atoms with van der Waals surface area (Å²) < 4.78 is 5.53. The Labute approximate surface area is 170 Å². The van der Waals surface area contributed by atoms with Gasteiger partial charge in [-0.15, -0.1) is 0 Å². The molecule has 2 fully saturated rings. The first-order valence-corrected chi connectivity index (χ1v) is 11.2. The van der Waals surface area contributed by atoms with Gasteiger partial charge in [-0.25, -0.2) is 0 Å². The number of nitrogens with one attached hydrogen (secondary N) is 1. The van der Waals surface area contributed by atoms with Crippen molar-refractivity contribution in [3.8, 4) is 5.75 Å². The molecule has 150 valence electrons. The minimum Gasteiger partial charge on any atom is -0.497 e. The highest BCUT2D eigenvalue weighted by Gasteiger charge is 2.47. The van der Waals surface area contributed by atoms with Gasteiger partial charge in [-0.3, -0.25) is 0 Å². The molecule has 0 spiro atoms. The van der Waals surface area contributed by atoms with Crippen LogP contribution in [0.3, 0.4) is 0 Å². The summed E-state index contributed by atoms with van der Waals surface area (Å²) in [7, 11) is 1.78. The molecule has 0 aromatic heterocycles. The first kappa shape index (κ1) is 19.5. The number of hydrogen-bond acceptors (Lipinski definition) is 2. The van der Waals surface area contributed by atoms with E-state index < -0.39 is 0 Å². The summed E-state index contributed by atoms with van der Waals surface area (Å²) in [6.45, 7) is 3.49. The molecule has 0 radical (unpaired) electrons. The van der Waals surface area contributed by atoms with Gasteiger partial charge in [-0.05, 0) is 79.7 Å². The van der Waals surface area contributed by atoms with E-state index in [4.69, 9.17) is 4.74 Å². The smallest absolute Gasteiger partial charge is 0.119 e. The molecule has 0 amide bonds. The molecule has 1 aliphatic heterocycles. The highest BCUT2D eigenvalue weighted by atomic mass is 16.5. The van der Waals surface area contributed by atoms with Gasteiger partial charge in [0.2, 0.25) is 0 Å². The number of fused-ring (bicyclic) bond motifs is 2. The summed E-state index contributed by atoms with van der Waals surface area (Å²) in [6.07, 6.45) is 9.01. The van der Waals surface area contributed by atoms with Crippen LogP contribution in [0.4, 0.5) is 0 Å². The Morgan fingerprint density at radius 2 is 1.96 bits per heavy atom. The Morgan fingerprint density at radius 1 is 1.11 bits per heavy atom. The van der Waals surface area contributed by atoms with E-state index in [0.29, 0.717) is 5.92 Å². The zero-order chi connectivity index (χ0) is 19.4. The van der Waals surface area contributed by atoms with Crippen LogP contribution in [0.15, 0.2) is 54.6 Å². The van der Waals surface area contributed by atoms with Crippen molar-refractivity contribution in [1.82, 2.24) is 5.32 Å². The maximum Gasteiger partial charge on any atom is 0.119 e. The molecule has 2 heteroatoms. The molecule has 1 heterocycles. The zero-order valence-corrected chi connectivity index (χ0v) is 17.5. The summed E-state index contributed by atoms with van der Waals surface area (Å²) in [5.41, 5.74) is 3.24. The molecule has 2 aliphatic rings. The molecule has 2 aromatic carbocycles. The molecule has 1 saturated carbocycles. The van der Waals surface area contributed by atoms with E-state index in [0.717, 1.165) is 24.0 Å². The highest BCUT2D eigenvalue weighted by Crippen LogP contribution is 2.50. The lowest BCUT2D eigenvalue weighted by atomic mass is 9.59. The van der Waals surface area contributed by atoms with E-state index in [-0.39, 0.29) is 5.54 Å². The standard InChI is InChI=1S/C26H35NO/c1-3-4-11-22-19-27-26(17-20-9-6-5-7-10-20)15-14-24(25(22)18-26)21-12-8-13-23(16-21)28-2/h5-10,12-13,16,22,24-25,27H,3-4,11,14-15,17-19H2,1-2H3. The van der Waals surface area contributed by atoms with E-state index in [2.05, 4.69) is 66.8 Å². The molecule has 28 heavy (non-hydrogen) atoms. The fraction of sp³-hybridized carbons (Fsp3) is 0.538. The van der Waals surface area contributed by atoms with E-state index in [1.165, 1.54) is 56.2 Å². The summed E-state index contributed by atoms with van der Waals surface area (Å²) in [5, 5.41) is 4.04. The van der Waals surface area contributed by atoms with Crippen molar-refractivity contribution in [2.45, 2.75) is 63.3 Å². The van der Waals surface area contributed by atoms with Crippen LogP contribution in [-0.2, 0) is 6.42 Å². The second kappa shape index (κ2) is 8.69. The molecular weight excluding hydrogens is 342 g/mol. The normalized spacial score (nSPS) is 29.4.